The lowest BCUT2D eigenvalue weighted by Crippen LogP contribution is -2.47. The third-order valence-electron chi connectivity index (χ3n) is 4.65. The molecule has 0 aromatic heterocycles. The van der Waals surface area contributed by atoms with Crippen molar-refractivity contribution >= 4 is 11.9 Å². The van der Waals surface area contributed by atoms with Crippen LogP contribution in [0.2, 0.25) is 0 Å². The normalized spacial score (nSPS) is 18.0. The van der Waals surface area contributed by atoms with Crippen LogP contribution in [0.4, 0.5) is 0 Å². The Labute approximate surface area is 156 Å². The highest BCUT2D eigenvalue weighted by Crippen LogP contribution is 2.19. The quantitative estimate of drug-likeness (QED) is 0.400. The van der Waals surface area contributed by atoms with E-state index >= 15 is 0 Å². The molecule has 6 nitrogen and oxygen atoms in total. The molecule has 1 unspecified atom stereocenters. The van der Waals surface area contributed by atoms with E-state index in [0.717, 1.165) is 64.5 Å². The first-order valence-electron chi connectivity index (χ1n) is 9.54. The van der Waals surface area contributed by atoms with Crippen molar-refractivity contribution in [3.63, 3.8) is 0 Å². The van der Waals surface area contributed by atoms with E-state index in [1.54, 1.807) is 7.05 Å². The topological polar surface area (TPSA) is 80.0 Å². The van der Waals surface area contributed by atoms with Crippen LogP contribution in [0, 0.1) is 5.92 Å². The summed E-state index contributed by atoms with van der Waals surface area (Å²) in [5.74, 6) is 1.03. The number of hydrogen-bond acceptors (Lipinski definition) is 3. The second-order valence-electron chi connectivity index (χ2n) is 6.80. The molecule has 1 aliphatic heterocycles. The van der Waals surface area contributed by atoms with Gasteiger partial charge < -0.3 is 20.7 Å². The lowest BCUT2D eigenvalue weighted by molar-refractivity contribution is -0.119. The number of piperidine rings is 1. The molecule has 1 aromatic rings. The molecule has 1 saturated heterocycles. The third-order valence-corrected chi connectivity index (χ3v) is 4.65. The Balaban J connectivity index is 1.59. The van der Waals surface area contributed by atoms with Crippen molar-refractivity contribution in [2.45, 2.75) is 32.1 Å². The maximum Gasteiger partial charge on any atom is 0.217 e. The van der Waals surface area contributed by atoms with E-state index in [1.165, 1.54) is 5.56 Å². The molecule has 6 heteroatoms. The highest BCUT2D eigenvalue weighted by Gasteiger charge is 2.23. The summed E-state index contributed by atoms with van der Waals surface area (Å²) in [5, 5.41) is 3.40. The number of primary amides is 1. The fourth-order valence-corrected chi connectivity index (χ4v) is 3.35. The molecule has 0 saturated carbocycles. The van der Waals surface area contributed by atoms with E-state index in [-0.39, 0.29) is 5.91 Å². The second-order valence-corrected chi connectivity index (χ2v) is 6.80. The largest absolute Gasteiger partial charge is 0.381 e. The Kier molecular flexibility index (Phi) is 8.96. The average Bonchev–Trinajstić information content (AvgIpc) is 2.64. The van der Waals surface area contributed by atoms with Gasteiger partial charge in [0, 0.05) is 39.7 Å². The maximum absolute atomic E-state index is 11.1. The Morgan fingerprint density at radius 3 is 2.88 bits per heavy atom. The molecule has 3 N–H and O–H groups in total. The summed E-state index contributed by atoms with van der Waals surface area (Å²) < 4.78 is 5.71. The number of benzene rings is 1. The summed E-state index contributed by atoms with van der Waals surface area (Å²) in [5.41, 5.74) is 6.64. The smallest absolute Gasteiger partial charge is 0.217 e. The van der Waals surface area contributed by atoms with Gasteiger partial charge in [-0.05, 0) is 37.2 Å². The molecule has 26 heavy (non-hydrogen) atoms. The molecular formula is C20H32N4O2. The van der Waals surface area contributed by atoms with Gasteiger partial charge in [-0.2, -0.15) is 0 Å². The maximum atomic E-state index is 11.1. The minimum Gasteiger partial charge on any atom is -0.381 e. The van der Waals surface area contributed by atoms with Gasteiger partial charge in [-0.15, -0.1) is 0 Å². The van der Waals surface area contributed by atoms with Gasteiger partial charge in [0.15, 0.2) is 5.96 Å². The number of aliphatic imine (C=N–C) groups is 1. The van der Waals surface area contributed by atoms with Crippen LogP contribution in [0.1, 0.15) is 31.2 Å². The number of carbonyl (C=O) groups excluding carboxylic acids is 1. The first-order chi connectivity index (χ1) is 12.7. The average molecular weight is 361 g/mol. The minimum atomic E-state index is -0.215. The molecule has 1 heterocycles. The molecule has 0 aliphatic carbocycles. The number of guanidine groups is 1. The lowest BCUT2D eigenvalue weighted by atomic mass is 9.95. The van der Waals surface area contributed by atoms with Crippen LogP contribution in [0.5, 0.6) is 0 Å². The summed E-state index contributed by atoms with van der Waals surface area (Å²) in [6, 6.07) is 10.4. The molecule has 1 aliphatic rings. The van der Waals surface area contributed by atoms with E-state index in [0.29, 0.717) is 12.3 Å². The summed E-state index contributed by atoms with van der Waals surface area (Å²) in [4.78, 5) is 17.7. The van der Waals surface area contributed by atoms with Gasteiger partial charge in [-0.25, -0.2) is 0 Å². The van der Waals surface area contributed by atoms with Gasteiger partial charge in [0.05, 0.1) is 6.61 Å². The van der Waals surface area contributed by atoms with Gasteiger partial charge in [0.1, 0.15) is 0 Å². The van der Waals surface area contributed by atoms with Gasteiger partial charge in [0.25, 0.3) is 0 Å². The van der Waals surface area contributed by atoms with Crippen molar-refractivity contribution < 1.29 is 9.53 Å². The number of ether oxygens (including phenoxy) is 1. The zero-order chi connectivity index (χ0) is 18.6. The number of nitrogens with zero attached hydrogens (tertiary/aromatic N) is 2. The Morgan fingerprint density at radius 1 is 1.35 bits per heavy atom. The molecule has 2 rings (SSSR count). The molecule has 1 aromatic carbocycles. The van der Waals surface area contributed by atoms with Crippen LogP contribution < -0.4 is 11.1 Å². The highest BCUT2D eigenvalue weighted by molar-refractivity contribution is 5.80. The summed E-state index contributed by atoms with van der Waals surface area (Å²) in [6.07, 6.45) is 4.48. The number of carbonyl (C=O) groups is 1. The third kappa shape index (κ3) is 7.44. The zero-order valence-electron chi connectivity index (χ0n) is 15.8. The number of nitrogens with two attached hydrogens (primary N) is 1. The molecular weight excluding hydrogens is 328 g/mol. The fourth-order valence-electron chi connectivity index (χ4n) is 3.35. The van der Waals surface area contributed by atoms with Crippen LogP contribution in [0.15, 0.2) is 35.3 Å². The first-order valence-corrected chi connectivity index (χ1v) is 9.54. The minimum absolute atomic E-state index is 0.215. The van der Waals surface area contributed by atoms with Crippen LogP contribution in [0.25, 0.3) is 0 Å². The predicted molar refractivity (Wildman–Crippen MR) is 105 cm³/mol. The first kappa shape index (κ1) is 20.2. The van der Waals surface area contributed by atoms with E-state index in [4.69, 9.17) is 10.5 Å². The monoisotopic (exact) mass is 360 g/mol. The van der Waals surface area contributed by atoms with Crippen LogP contribution in [-0.4, -0.2) is 56.7 Å². The predicted octanol–water partition coefficient (Wildman–Crippen LogP) is 1.80. The molecule has 0 bridgehead atoms. The van der Waals surface area contributed by atoms with Gasteiger partial charge in [0.2, 0.25) is 5.91 Å². The molecule has 1 fully saturated rings. The van der Waals surface area contributed by atoms with Gasteiger partial charge in [-0.1, -0.05) is 30.3 Å². The van der Waals surface area contributed by atoms with E-state index in [2.05, 4.69) is 39.5 Å². The Hall–Kier alpha value is -2.08. The molecule has 0 spiro atoms. The van der Waals surface area contributed by atoms with Gasteiger partial charge >= 0.3 is 0 Å². The Morgan fingerprint density at radius 2 is 2.15 bits per heavy atom. The van der Waals surface area contributed by atoms with E-state index in [1.807, 2.05) is 6.07 Å². The molecule has 144 valence electrons. The fraction of sp³-hybridized carbons (Fsp3) is 0.600. The van der Waals surface area contributed by atoms with Crippen molar-refractivity contribution in [1.29, 1.82) is 0 Å². The highest BCUT2D eigenvalue weighted by atomic mass is 16.5. The van der Waals surface area contributed by atoms with Crippen molar-refractivity contribution in [1.82, 2.24) is 10.2 Å². The van der Waals surface area contributed by atoms with Gasteiger partial charge in [-0.3, -0.25) is 9.79 Å². The van der Waals surface area contributed by atoms with Crippen molar-refractivity contribution in [3.8, 4) is 0 Å². The van der Waals surface area contributed by atoms with E-state index < -0.39 is 0 Å². The van der Waals surface area contributed by atoms with Crippen molar-refractivity contribution in [3.05, 3.63) is 35.9 Å². The van der Waals surface area contributed by atoms with Crippen LogP contribution in [-0.2, 0) is 16.0 Å². The number of nitrogens with one attached hydrogen (secondary N) is 1. The SMILES string of the molecule is CN=C(NCCCOCCc1ccccc1)N1CCCC(CC(N)=O)C1. The number of amides is 1. The van der Waals surface area contributed by atoms with E-state index in [9.17, 15) is 4.79 Å². The van der Waals surface area contributed by atoms with Crippen LogP contribution in [0.3, 0.4) is 0 Å². The standard InChI is InChI=1S/C20H32N4O2/c1-22-20(24-12-5-9-18(16-24)15-19(21)25)23-11-6-13-26-14-10-17-7-3-2-4-8-17/h2-4,7-8,18H,5-6,9-16H2,1H3,(H2,21,25)(H,22,23). The molecule has 0 radical (unpaired) electrons. The number of hydrogen-bond donors (Lipinski definition) is 2. The number of likely N-dealkylation sites (tertiary alicyclic amines) is 1. The van der Waals surface area contributed by atoms with Crippen molar-refractivity contribution in [2.24, 2.45) is 16.6 Å². The summed E-state index contributed by atoms with van der Waals surface area (Å²) in [6.45, 7) is 4.13. The number of rotatable bonds is 9. The summed E-state index contributed by atoms with van der Waals surface area (Å²) in [7, 11) is 1.80. The lowest BCUT2D eigenvalue weighted by Gasteiger charge is -2.34. The summed E-state index contributed by atoms with van der Waals surface area (Å²) >= 11 is 0. The zero-order valence-corrected chi connectivity index (χ0v) is 15.8. The second kappa shape index (κ2) is 11.5. The Bertz CT molecular complexity index is 562. The molecule has 1 amide bonds. The van der Waals surface area contributed by atoms with Crippen LogP contribution >= 0.6 is 0 Å². The van der Waals surface area contributed by atoms with Crippen molar-refractivity contribution in [2.75, 3.05) is 39.9 Å². The molecule has 1 atom stereocenters.